The first-order chi connectivity index (χ1) is 9.61. The third-order valence-corrected chi connectivity index (χ3v) is 5.06. The van der Waals surface area contributed by atoms with E-state index in [0.29, 0.717) is 10.4 Å². The van der Waals surface area contributed by atoms with Gasteiger partial charge in [0.05, 0.1) is 10.5 Å². The highest BCUT2D eigenvalue weighted by Gasteiger charge is 2.17. The average Bonchev–Trinajstić information content (AvgIpc) is 2.35. The number of carbonyl (C=O) groups is 1. The fraction of sp³-hybridized carbons (Fsp3) is 0.500. The standard InChI is InChI=1S/C14H19BrClNO3S/c1-9(2)4-5-10(3)17-14(18)12-8-11(21(16,19)20)6-7-13(12)15/h6-10H,4-5H2,1-3H3,(H,17,18). The number of halogens is 2. The number of rotatable bonds is 6. The van der Waals surface area contributed by atoms with Crippen molar-refractivity contribution >= 4 is 41.6 Å². The van der Waals surface area contributed by atoms with Gasteiger partial charge in [0.25, 0.3) is 15.0 Å². The molecule has 1 atom stereocenters. The first kappa shape index (κ1) is 18.5. The summed E-state index contributed by atoms with van der Waals surface area (Å²) >= 11 is 3.25. The third-order valence-electron chi connectivity index (χ3n) is 3.02. The molecule has 1 aromatic carbocycles. The summed E-state index contributed by atoms with van der Waals surface area (Å²) in [5.74, 6) is 0.251. The molecule has 0 saturated carbocycles. The Morgan fingerprint density at radius 1 is 1.29 bits per heavy atom. The Morgan fingerprint density at radius 3 is 2.43 bits per heavy atom. The summed E-state index contributed by atoms with van der Waals surface area (Å²) in [7, 11) is 1.45. The smallest absolute Gasteiger partial charge is 0.261 e. The lowest BCUT2D eigenvalue weighted by Crippen LogP contribution is -2.33. The largest absolute Gasteiger partial charge is 0.350 e. The van der Waals surface area contributed by atoms with Crippen LogP contribution in [0.25, 0.3) is 0 Å². The molecule has 0 heterocycles. The Balaban J connectivity index is 2.87. The highest BCUT2D eigenvalue weighted by Crippen LogP contribution is 2.23. The minimum Gasteiger partial charge on any atom is -0.350 e. The summed E-state index contributed by atoms with van der Waals surface area (Å²) < 4.78 is 23.2. The predicted molar refractivity (Wildman–Crippen MR) is 88.2 cm³/mol. The molecule has 0 aliphatic carbocycles. The summed E-state index contributed by atoms with van der Waals surface area (Å²) in [6, 6.07) is 4.15. The minimum atomic E-state index is -3.85. The van der Waals surface area contributed by atoms with E-state index in [9.17, 15) is 13.2 Å². The van der Waals surface area contributed by atoms with Crippen molar-refractivity contribution in [3.8, 4) is 0 Å². The Kier molecular flexibility index (Phi) is 6.69. The van der Waals surface area contributed by atoms with Crippen LogP contribution in [-0.2, 0) is 9.05 Å². The molecule has 1 rings (SSSR count). The third kappa shape index (κ3) is 5.96. The summed E-state index contributed by atoms with van der Waals surface area (Å²) in [6.45, 7) is 6.18. The van der Waals surface area contributed by atoms with E-state index < -0.39 is 9.05 Å². The fourth-order valence-corrected chi connectivity index (χ4v) is 2.99. The molecule has 0 saturated heterocycles. The van der Waals surface area contributed by atoms with Gasteiger partial charge in [0.1, 0.15) is 0 Å². The lowest BCUT2D eigenvalue weighted by Gasteiger charge is -2.16. The second-order valence-electron chi connectivity index (χ2n) is 5.43. The summed E-state index contributed by atoms with van der Waals surface area (Å²) in [5, 5.41) is 2.86. The average molecular weight is 397 g/mol. The maximum absolute atomic E-state index is 12.2. The fourth-order valence-electron chi connectivity index (χ4n) is 1.79. The summed E-state index contributed by atoms with van der Waals surface area (Å²) in [5.41, 5.74) is 0.258. The number of nitrogens with one attached hydrogen (secondary N) is 1. The van der Waals surface area contributed by atoms with Crippen LogP contribution in [0.1, 0.15) is 44.0 Å². The zero-order chi connectivity index (χ0) is 16.2. The minimum absolute atomic E-state index is 0.0167. The van der Waals surface area contributed by atoms with Crippen LogP contribution in [0.3, 0.4) is 0 Å². The monoisotopic (exact) mass is 395 g/mol. The van der Waals surface area contributed by atoms with E-state index in [4.69, 9.17) is 10.7 Å². The molecule has 1 unspecified atom stereocenters. The van der Waals surface area contributed by atoms with E-state index in [1.807, 2.05) is 6.92 Å². The molecule has 0 spiro atoms. The van der Waals surface area contributed by atoms with Gasteiger partial charge in [-0.2, -0.15) is 0 Å². The van der Waals surface area contributed by atoms with Gasteiger partial charge in [-0.05, 0) is 59.8 Å². The van der Waals surface area contributed by atoms with Crippen LogP contribution in [0.4, 0.5) is 0 Å². The van der Waals surface area contributed by atoms with Crippen molar-refractivity contribution in [2.24, 2.45) is 5.92 Å². The van der Waals surface area contributed by atoms with Crippen LogP contribution in [0.2, 0.25) is 0 Å². The molecule has 118 valence electrons. The van der Waals surface area contributed by atoms with Crippen molar-refractivity contribution in [2.75, 3.05) is 0 Å². The molecule has 21 heavy (non-hydrogen) atoms. The maximum Gasteiger partial charge on any atom is 0.261 e. The van der Waals surface area contributed by atoms with E-state index in [1.165, 1.54) is 18.2 Å². The number of hydrogen-bond donors (Lipinski definition) is 1. The second-order valence-corrected chi connectivity index (χ2v) is 8.85. The van der Waals surface area contributed by atoms with Crippen LogP contribution in [-0.4, -0.2) is 20.4 Å². The van der Waals surface area contributed by atoms with E-state index in [1.54, 1.807) is 0 Å². The van der Waals surface area contributed by atoms with Crippen LogP contribution < -0.4 is 5.32 Å². The Hall–Kier alpha value is -0.590. The number of benzene rings is 1. The topological polar surface area (TPSA) is 63.2 Å². The van der Waals surface area contributed by atoms with E-state index >= 15 is 0 Å². The van der Waals surface area contributed by atoms with Gasteiger partial charge in [-0.15, -0.1) is 0 Å². The van der Waals surface area contributed by atoms with Gasteiger partial charge >= 0.3 is 0 Å². The quantitative estimate of drug-likeness (QED) is 0.741. The highest BCUT2D eigenvalue weighted by atomic mass is 79.9. The normalized spacial score (nSPS) is 13.2. The Bertz CT molecular complexity index is 617. The molecule has 1 amide bonds. The lowest BCUT2D eigenvalue weighted by molar-refractivity contribution is 0.0936. The van der Waals surface area contributed by atoms with Gasteiger partial charge in [0, 0.05) is 21.2 Å². The van der Waals surface area contributed by atoms with Gasteiger partial charge in [0.2, 0.25) is 0 Å². The zero-order valence-electron chi connectivity index (χ0n) is 12.2. The highest BCUT2D eigenvalue weighted by molar-refractivity contribution is 9.10. The van der Waals surface area contributed by atoms with E-state index in [0.717, 1.165) is 12.8 Å². The summed E-state index contributed by atoms with van der Waals surface area (Å²) in [4.78, 5) is 12.1. The maximum atomic E-state index is 12.2. The molecular formula is C14H19BrClNO3S. The van der Waals surface area contributed by atoms with Crippen LogP contribution in [0.15, 0.2) is 27.6 Å². The first-order valence-corrected chi connectivity index (χ1v) is 9.76. The van der Waals surface area contributed by atoms with Crippen molar-refractivity contribution in [3.63, 3.8) is 0 Å². The molecule has 0 fully saturated rings. The van der Waals surface area contributed by atoms with Crippen LogP contribution >= 0.6 is 26.6 Å². The van der Waals surface area contributed by atoms with Crippen molar-refractivity contribution in [1.82, 2.24) is 5.32 Å². The number of amides is 1. The summed E-state index contributed by atoms with van der Waals surface area (Å²) in [6.07, 6.45) is 1.88. The molecular weight excluding hydrogens is 378 g/mol. The van der Waals surface area contributed by atoms with Crippen LogP contribution in [0, 0.1) is 5.92 Å². The Labute approximate surface area is 138 Å². The second kappa shape index (κ2) is 7.61. The molecule has 0 radical (unpaired) electrons. The number of hydrogen-bond acceptors (Lipinski definition) is 3. The number of carbonyl (C=O) groups excluding carboxylic acids is 1. The predicted octanol–water partition coefficient (Wildman–Crippen LogP) is 3.93. The van der Waals surface area contributed by atoms with E-state index in [-0.39, 0.29) is 22.4 Å². The van der Waals surface area contributed by atoms with Crippen molar-refractivity contribution in [1.29, 1.82) is 0 Å². The molecule has 4 nitrogen and oxygen atoms in total. The van der Waals surface area contributed by atoms with Crippen LogP contribution in [0.5, 0.6) is 0 Å². The van der Waals surface area contributed by atoms with Gasteiger partial charge in [-0.3, -0.25) is 4.79 Å². The SMILES string of the molecule is CC(C)CCC(C)NC(=O)c1cc(S(=O)(=O)Cl)ccc1Br. The van der Waals surface area contributed by atoms with Gasteiger partial charge in [0.15, 0.2) is 0 Å². The molecule has 0 bridgehead atoms. The molecule has 7 heteroatoms. The van der Waals surface area contributed by atoms with E-state index in [2.05, 4.69) is 35.1 Å². The zero-order valence-corrected chi connectivity index (χ0v) is 15.3. The van der Waals surface area contributed by atoms with Gasteiger partial charge < -0.3 is 5.32 Å². The van der Waals surface area contributed by atoms with Crippen molar-refractivity contribution < 1.29 is 13.2 Å². The lowest BCUT2D eigenvalue weighted by atomic mass is 10.0. The molecule has 0 aliphatic heterocycles. The molecule has 1 N–H and O–H groups in total. The van der Waals surface area contributed by atoms with Crippen molar-refractivity contribution in [2.45, 2.75) is 44.6 Å². The molecule has 0 aromatic heterocycles. The first-order valence-electron chi connectivity index (χ1n) is 6.66. The molecule has 0 aliphatic rings. The van der Waals surface area contributed by atoms with Gasteiger partial charge in [-0.25, -0.2) is 8.42 Å². The molecule has 1 aromatic rings. The van der Waals surface area contributed by atoms with Crippen molar-refractivity contribution in [3.05, 3.63) is 28.2 Å². The van der Waals surface area contributed by atoms with Gasteiger partial charge in [-0.1, -0.05) is 13.8 Å². The Morgan fingerprint density at radius 2 is 1.90 bits per heavy atom.